The van der Waals surface area contributed by atoms with Crippen molar-refractivity contribution in [3.05, 3.63) is 18.5 Å². The summed E-state index contributed by atoms with van der Waals surface area (Å²) in [6, 6.07) is 1.83. The minimum absolute atomic E-state index is 0. The standard InChI is InChI=1S/C12H15ClN4.2ClH/c13-4-1-2-7-16-8-10-17(11-9-16)12-14-5-3-6-15-12;;/h3,5-6H,4,7-11H2;2*1H. The molecular formula is C12H17Cl3N4. The second-order valence-corrected chi connectivity index (χ2v) is 4.07. The van der Waals surface area contributed by atoms with E-state index >= 15 is 0 Å². The summed E-state index contributed by atoms with van der Waals surface area (Å²) in [6.45, 7) is 4.69. The number of anilines is 1. The van der Waals surface area contributed by atoms with Gasteiger partial charge in [0.05, 0.1) is 12.4 Å². The van der Waals surface area contributed by atoms with Crippen molar-refractivity contribution in [3.8, 4) is 11.8 Å². The van der Waals surface area contributed by atoms with Crippen LogP contribution in [0.3, 0.4) is 0 Å². The third-order valence-electron chi connectivity index (χ3n) is 2.70. The fourth-order valence-electron chi connectivity index (χ4n) is 1.78. The Balaban J connectivity index is 0.00000162. The van der Waals surface area contributed by atoms with E-state index in [1.807, 2.05) is 6.07 Å². The van der Waals surface area contributed by atoms with Gasteiger partial charge in [0, 0.05) is 38.6 Å². The molecule has 7 heteroatoms. The van der Waals surface area contributed by atoms with Crippen molar-refractivity contribution in [2.24, 2.45) is 0 Å². The van der Waals surface area contributed by atoms with Crippen LogP contribution in [0.25, 0.3) is 0 Å². The number of hydrogen-bond acceptors (Lipinski definition) is 4. The van der Waals surface area contributed by atoms with E-state index in [0.717, 1.165) is 38.7 Å². The van der Waals surface area contributed by atoms with E-state index < -0.39 is 0 Å². The first kappa shape index (κ1) is 18.3. The van der Waals surface area contributed by atoms with E-state index in [-0.39, 0.29) is 24.8 Å². The molecule has 0 aliphatic carbocycles. The normalized spacial score (nSPS) is 14.7. The predicted molar refractivity (Wildman–Crippen MR) is 83.7 cm³/mol. The lowest BCUT2D eigenvalue weighted by Gasteiger charge is -2.33. The van der Waals surface area contributed by atoms with Crippen LogP contribution in [0.2, 0.25) is 0 Å². The lowest BCUT2D eigenvalue weighted by atomic mass is 10.3. The third kappa shape index (κ3) is 5.84. The van der Waals surface area contributed by atoms with Gasteiger partial charge in [-0.05, 0) is 6.07 Å². The van der Waals surface area contributed by atoms with Crippen LogP contribution < -0.4 is 4.90 Å². The fourth-order valence-corrected chi connectivity index (χ4v) is 1.87. The lowest BCUT2D eigenvalue weighted by Crippen LogP contribution is -2.47. The Kier molecular flexibility index (Phi) is 9.72. The summed E-state index contributed by atoms with van der Waals surface area (Å²) in [7, 11) is 0. The van der Waals surface area contributed by atoms with Gasteiger partial charge in [-0.3, -0.25) is 4.90 Å². The van der Waals surface area contributed by atoms with Crippen molar-refractivity contribution >= 4 is 42.4 Å². The average molecular weight is 324 g/mol. The molecule has 0 spiro atoms. The molecule has 0 N–H and O–H groups in total. The Morgan fingerprint density at radius 1 is 1.05 bits per heavy atom. The number of nitrogens with zero attached hydrogens (tertiary/aromatic N) is 4. The Labute approximate surface area is 131 Å². The zero-order valence-electron chi connectivity index (χ0n) is 10.5. The van der Waals surface area contributed by atoms with Crippen molar-refractivity contribution in [1.29, 1.82) is 0 Å². The Morgan fingerprint density at radius 2 is 1.68 bits per heavy atom. The summed E-state index contributed by atoms with van der Waals surface area (Å²) in [5, 5.41) is 0. The fraction of sp³-hybridized carbons (Fsp3) is 0.500. The molecule has 1 aliphatic rings. The van der Waals surface area contributed by atoms with Crippen LogP contribution in [-0.4, -0.2) is 53.5 Å². The molecule has 0 aromatic carbocycles. The second kappa shape index (κ2) is 10.1. The molecule has 4 nitrogen and oxygen atoms in total. The first-order valence-corrected chi connectivity index (χ1v) is 6.19. The van der Waals surface area contributed by atoms with E-state index in [1.165, 1.54) is 0 Å². The van der Waals surface area contributed by atoms with Crippen molar-refractivity contribution in [3.63, 3.8) is 0 Å². The number of piperazine rings is 1. The summed E-state index contributed by atoms with van der Waals surface area (Å²) in [5.41, 5.74) is 0. The molecule has 19 heavy (non-hydrogen) atoms. The van der Waals surface area contributed by atoms with Gasteiger partial charge in [0.2, 0.25) is 5.95 Å². The van der Waals surface area contributed by atoms with Crippen LogP contribution in [0, 0.1) is 11.8 Å². The van der Waals surface area contributed by atoms with E-state index in [0.29, 0.717) is 5.88 Å². The van der Waals surface area contributed by atoms with Crippen molar-refractivity contribution in [2.75, 3.05) is 43.5 Å². The van der Waals surface area contributed by atoms with Crippen molar-refractivity contribution < 1.29 is 0 Å². The maximum Gasteiger partial charge on any atom is 0.225 e. The Morgan fingerprint density at radius 3 is 2.26 bits per heavy atom. The molecule has 1 aromatic rings. The number of alkyl halides is 1. The van der Waals surface area contributed by atoms with Crippen molar-refractivity contribution in [1.82, 2.24) is 14.9 Å². The minimum atomic E-state index is 0. The summed E-state index contributed by atoms with van der Waals surface area (Å²) in [5.74, 6) is 7.16. The molecule has 1 aliphatic heterocycles. The zero-order chi connectivity index (χ0) is 11.9. The highest BCUT2D eigenvalue weighted by atomic mass is 35.5. The SMILES string of the molecule is Cl.Cl.ClCC#CCN1CCN(c2ncccn2)CC1. The van der Waals surface area contributed by atoms with Gasteiger partial charge in [0.15, 0.2) is 0 Å². The molecule has 106 valence electrons. The summed E-state index contributed by atoms with van der Waals surface area (Å²) < 4.78 is 0. The van der Waals surface area contributed by atoms with Gasteiger partial charge < -0.3 is 4.90 Å². The van der Waals surface area contributed by atoms with Gasteiger partial charge >= 0.3 is 0 Å². The highest BCUT2D eigenvalue weighted by Gasteiger charge is 2.17. The molecule has 0 unspecified atom stereocenters. The molecule has 0 bridgehead atoms. The number of aromatic nitrogens is 2. The molecule has 2 rings (SSSR count). The molecular weight excluding hydrogens is 307 g/mol. The molecule has 0 atom stereocenters. The van der Waals surface area contributed by atoms with Gasteiger partial charge in [0.25, 0.3) is 0 Å². The van der Waals surface area contributed by atoms with Gasteiger partial charge in [-0.2, -0.15) is 0 Å². The van der Waals surface area contributed by atoms with Crippen LogP contribution in [0.1, 0.15) is 0 Å². The quantitative estimate of drug-likeness (QED) is 0.612. The number of hydrogen-bond donors (Lipinski definition) is 0. The third-order valence-corrected chi connectivity index (χ3v) is 2.84. The average Bonchev–Trinajstić information content (AvgIpc) is 2.41. The number of halogens is 3. The van der Waals surface area contributed by atoms with Crippen LogP contribution in [-0.2, 0) is 0 Å². The highest BCUT2D eigenvalue weighted by Crippen LogP contribution is 2.08. The molecule has 1 aromatic heterocycles. The van der Waals surface area contributed by atoms with E-state index in [9.17, 15) is 0 Å². The first-order valence-electron chi connectivity index (χ1n) is 5.66. The van der Waals surface area contributed by atoms with Gasteiger partial charge in [-0.1, -0.05) is 11.8 Å². The van der Waals surface area contributed by atoms with E-state index in [1.54, 1.807) is 12.4 Å². The molecule has 1 fully saturated rings. The van der Waals surface area contributed by atoms with E-state index in [2.05, 4.69) is 31.6 Å². The number of rotatable bonds is 2. The largest absolute Gasteiger partial charge is 0.338 e. The molecule has 0 saturated carbocycles. The first-order chi connectivity index (χ1) is 8.40. The van der Waals surface area contributed by atoms with Crippen LogP contribution in [0.5, 0.6) is 0 Å². The molecule has 0 radical (unpaired) electrons. The molecule has 2 heterocycles. The summed E-state index contributed by atoms with van der Waals surface area (Å²) in [4.78, 5) is 13.0. The lowest BCUT2D eigenvalue weighted by molar-refractivity contribution is 0.286. The predicted octanol–water partition coefficient (Wildman–Crippen LogP) is 1.68. The smallest absolute Gasteiger partial charge is 0.225 e. The Hall–Kier alpha value is -0.730. The zero-order valence-corrected chi connectivity index (χ0v) is 12.8. The monoisotopic (exact) mass is 322 g/mol. The van der Waals surface area contributed by atoms with E-state index in [4.69, 9.17) is 11.6 Å². The maximum atomic E-state index is 5.51. The van der Waals surface area contributed by atoms with Crippen LogP contribution in [0.15, 0.2) is 18.5 Å². The van der Waals surface area contributed by atoms with Crippen LogP contribution in [0.4, 0.5) is 5.95 Å². The van der Waals surface area contributed by atoms with Crippen LogP contribution >= 0.6 is 36.4 Å². The van der Waals surface area contributed by atoms with Gasteiger partial charge in [-0.25, -0.2) is 9.97 Å². The molecule has 0 amide bonds. The van der Waals surface area contributed by atoms with Gasteiger partial charge in [0.1, 0.15) is 0 Å². The topological polar surface area (TPSA) is 32.3 Å². The summed E-state index contributed by atoms with van der Waals surface area (Å²) >= 11 is 5.51. The summed E-state index contributed by atoms with van der Waals surface area (Å²) in [6.07, 6.45) is 3.56. The maximum absolute atomic E-state index is 5.51. The van der Waals surface area contributed by atoms with Crippen molar-refractivity contribution in [2.45, 2.75) is 0 Å². The minimum Gasteiger partial charge on any atom is -0.338 e. The highest BCUT2D eigenvalue weighted by molar-refractivity contribution is 6.19. The van der Waals surface area contributed by atoms with Gasteiger partial charge in [-0.15, -0.1) is 36.4 Å². The Bertz CT molecular complexity index is 396. The molecule has 1 saturated heterocycles. The second-order valence-electron chi connectivity index (χ2n) is 3.80.